The van der Waals surface area contributed by atoms with Crippen molar-refractivity contribution in [3.63, 3.8) is 0 Å². The smallest absolute Gasteiger partial charge is 0.0818 e. The molecule has 2 rings (SSSR count). The van der Waals surface area contributed by atoms with Gasteiger partial charge in [-0.1, -0.05) is 51.8 Å². The largest absolute Gasteiger partial charge is 0.388 e. The lowest BCUT2D eigenvalue weighted by Gasteiger charge is -2.41. The fourth-order valence-electron chi connectivity index (χ4n) is 4.61. The van der Waals surface area contributed by atoms with E-state index in [0.29, 0.717) is 17.8 Å². The first-order valence-corrected chi connectivity index (χ1v) is 8.58. The zero-order valence-electron chi connectivity index (χ0n) is 13.9. The molecule has 0 aromatic rings. The SMILES string of the molecule is CCC1=CCC(C)C(C2=C(CC)C(C)CC(C)C2)C1O. The Labute approximate surface area is 125 Å². The predicted octanol–water partition coefficient (Wildman–Crippen LogP) is 5.11. The van der Waals surface area contributed by atoms with Gasteiger partial charge in [0.1, 0.15) is 0 Å². The minimum Gasteiger partial charge on any atom is -0.388 e. The van der Waals surface area contributed by atoms with Gasteiger partial charge in [0, 0.05) is 5.92 Å². The summed E-state index contributed by atoms with van der Waals surface area (Å²) < 4.78 is 0. The molecule has 5 atom stereocenters. The number of aliphatic hydroxyl groups is 1. The van der Waals surface area contributed by atoms with Crippen molar-refractivity contribution in [1.82, 2.24) is 0 Å². The molecule has 0 amide bonds. The van der Waals surface area contributed by atoms with Gasteiger partial charge in [-0.3, -0.25) is 0 Å². The fourth-order valence-corrected chi connectivity index (χ4v) is 4.61. The summed E-state index contributed by atoms with van der Waals surface area (Å²) in [4.78, 5) is 0. The maximum Gasteiger partial charge on any atom is 0.0818 e. The van der Waals surface area contributed by atoms with Crippen LogP contribution in [0.4, 0.5) is 0 Å². The van der Waals surface area contributed by atoms with E-state index in [4.69, 9.17) is 0 Å². The Morgan fingerprint density at radius 2 is 1.85 bits per heavy atom. The molecule has 0 saturated heterocycles. The summed E-state index contributed by atoms with van der Waals surface area (Å²) in [7, 11) is 0. The van der Waals surface area contributed by atoms with Gasteiger partial charge in [-0.2, -0.15) is 0 Å². The van der Waals surface area contributed by atoms with Crippen LogP contribution in [0.15, 0.2) is 22.8 Å². The highest BCUT2D eigenvalue weighted by atomic mass is 16.3. The third-order valence-electron chi connectivity index (χ3n) is 5.61. The first kappa shape index (κ1) is 15.8. The highest BCUT2D eigenvalue weighted by Gasteiger charge is 2.37. The molecule has 0 fully saturated rings. The molecule has 0 heterocycles. The lowest BCUT2D eigenvalue weighted by atomic mass is 9.66. The van der Waals surface area contributed by atoms with Crippen molar-refractivity contribution in [2.45, 2.75) is 72.8 Å². The van der Waals surface area contributed by atoms with Crippen molar-refractivity contribution in [2.75, 3.05) is 0 Å². The Bertz CT molecular complexity index is 404. The first-order chi connectivity index (χ1) is 9.49. The molecule has 0 aliphatic heterocycles. The molecule has 1 N–H and O–H groups in total. The summed E-state index contributed by atoms with van der Waals surface area (Å²) in [5.74, 6) is 2.42. The summed E-state index contributed by atoms with van der Waals surface area (Å²) in [6, 6.07) is 0. The minimum atomic E-state index is -0.238. The van der Waals surface area contributed by atoms with E-state index in [9.17, 15) is 5.11 Å². The van der Waals surface area contributed by atoms with Gasteiger partial charge in [0.2, 0.25) is 0 Å². The van der Waals surface area contributed by atoms with Crippen LogP contribution in [-0.2, 0) is 0 Å². The van der Waals surface area contributed by atoms with Crippen LogP contribution in [0.2, 0.25) is 0 Å². The van der Waals surface area contributed by atoms with Gasteiger partial charge in [-0.05, 0) is 55.4 Å². The van der Waals surface area contributed by atoms with Crippen molar-refractivity contribution in [1.29, 1.82) is 0 Å². The summed E-state index contributed by atoms with van der Waals surface area (Å²) >= 11 is 0. The Morgan fingerprint density at radius 3 is 2.45 bits per heavy atom. The Balaban J connectivity index is 2.38. The summed E-state index contributed by atoms with van der Waals surface area (Å²) in [5, 5.41) is 10.8. The third kappa shape index (κ3) is 2.88. The van der Waals surface area contributed by atoms with Crippen LogP contribution in [0.5, 0.6) is 0 Å². The van der Waals surface area contributed by atoms with E-state index in [1.54, 1.807) is 11.1 Å². The number of aliphatic hydroxyl groups excluding tert-OH is 1. The van der Waals surface area contributed by atoms with Gasteiger partial charge < -0.3 is 5.11 Å². The fraction of sp³-hybridized carbons (Fsp3) is 0.789. The van der Waals surface area contributed by atoms with E-state index in [-0.39, 0.29) is 6.10 Å². The molecule has 114 valence electrons. The van der Waals surface area contributed by atoms with Crippen LogP contribution in [-0.4, -0.2) is 11.2 Å². The highest BCUT2D eigenvalue weighted by molar-refractivity contribution is 5.29. The molecule has 0 saturated carbocycles. The predicted molar refractivity (Wildman–Crippen MR) is 86.5 cm³/mol. The van der Waals surface area contributed by atoms with E-state index in [1.807, 2.05) is 0 Å². The molecule has 2 aliphatic carbocycles. The second-order valence-corrected chi connectivity index (χ2v) is 7.17. The molecular weight excluding hydrogens is 244 g/mol. The molecule has 5 unspecified atom stereocenters. The molecule has 0 bridgehead atoms. The second kappa shape index (κ2) is 6.47. The van der Waals surface area contributed by atoms with Gasteiger partial charge in [-0.25, -0.2) is 0 Å². The van der Waals surface area contributed by atoms with Crippen molar-refractivity contribution in [3.05, 3.63) is 22.8 Å². The average Bonchev–Trinajstić information content (AvgIpc) is 2.38. The lowest BCUT2D eigenvalue weighted by molar-refractivity contribution is 0.109. The van der Waals surface area contributed by atoms with Crippen LogP contribution in [0.25, 0.3) is 0 Å². The maximum atomic E-state index is 10.8. The Morgan fingerprint density at radius 1 is 1.15 bits per heavy atom. The quantitative estimate of drug-likeness (QED) is 0.710. The lowest BCUT2D eigenvalue weighted by Crippen LogP contribution is -2.35. The van der Waals surface area contributed by atoms with Gasteiger partial charge in [0.15, 0.2) is 0 Å². The average molecular weight is 276 g/mol. The molecule has 1 nitrogen and oxygen atoms in total. The molecule has 0 spiro atoms. The van der Waals surface area contributed by atoms with Crippen molar-refractivity contribution in [2.24, 2.45) is 23.7 Å². The van der Waals surface area contributed by atoms with E-state index in [2.05, 4.69) is 40.7 Å². The second-order valence-electron chi connectivity index (χ2n) is 7.17. The minimum absolute atomic E-state index is 0.238. The van der Waals surface area contributed by atoms with E-state index < -0.39 is 0 Å². The third-order valence-corrected chi connectivity index (χ3v) is 5.61. The Kier molecular flexibility index (Phi) is 5.12. The number of rotatable bonds is 3. The first-order valence-electron chi connectivity index (χ1n) is 8.58. The van der Waals surface area contributed by atoms with Crippen molar-refractivity contribution >= 4 is 0 Å². The summed E-state index contributed by atoms with van der Waals surface area (Å²) in [5.41, 5.74) is 4.52. The summed E-state index contributed by atoms with van der Waals surface area (Å²) in [6.45, 7) is 11.5. The maximum absolute atomic E-state index is 10.8. The number of hydrogen-bond acceptors (Lipinski definition) is 1. The van der Waals surface area contributed by atoms with E-state index in [1.165, 1.54) is 18.4 Å². The van der Waals surface area contributed by atoms with Crippen LogP contribution in [0.1, 0.15) is 66.7 Å². The normalized spacial score (nSPS) is 38.9. The molecular formula is C19H32O. The molecule has 20 heavy (non-hydrogen) atoms. The van der Waals surface area contributed by atoms with Gasteiger partial charge in [0.25, 0.3) is 0 Å². The van der Waals surface area contributed by atoms with Crippen LogP contribution in [0.3, 0.4) is 0 Å². The highest BCUT2D eigenvalue weighted by Crippen LogP contribution is 2.45. The number of hydrogen-bond donors (Lipinski definition) is 1. The van der Waals surface area contributed by atoms with E-state index >= 15 is 0 Å². The van der Waals surface area contributed by atoms with Gasteiger partial charge >= 0.3 is 0 Å². The standard InChI is InChI=1S/C19H32O/c1-6-15-9-8-13(4)18(19(15)20)17-11-12(3)10-14(5)16(17)7-2/h9,12-14,18-20H,6-8,10-11H2,1-5H3. The molecule has 0 radical (unpaired) electrons. The zero-order valence-corrected chi connectivity index (χ0v) is 13.9. The summed E-state index contributed by atoms with van der Waals surface area (Å²) in [6.07, 6.45) is 7.85. The van der Waals surface area contributed by atoms with E-state index in [0.717, 1.165) is 25.2 Å². The molecule has 0 aromatic carbocycles. The Hall–Kier alpha value is -0.560. The molecule has 2 aliphatic rings. The van der Waals surface area contributed by atoms with Gasteiger partial charge in [-0.15, -0.1) is 0 Å². The monoisotopic (exact) mass is 276 g/mol. The van der Waals surface area contributed by atoms with Crippen LogP contribution < -0.4 is 0 Å². The number of allylic oxidation sites excluding steroid dienone is 2. The van der Waals surface area contributed by atoms with Crippen molar-refractivity contribution < 1.29 is 5.11 Å². The zero-order chi connectivity index (χ0) is 14.9. The van der Waals surface area contributed by atoms with Crippen LogP contribution in [0, 0.1) is 23.7 Å². The van der Waals surface area contributed by atoms with Gasteiger partial charge in [0.05, 0.1) is 6.10 Å². The topological polar surface area (TPSA) is 20.2 Å². The van der Waals surface area contributed by atoms with Crippen molar-refractivity contribution in [3.8, 4) is 0 Å². The molecule has 0 aromatic heterocycles. The molecule has 1 heteroatoms. The van der Waals surface area contributed by atoms with Crippen LogP contribution >= 0.6 is 0 Å².